The zero-order chi connectivity index (χ0) is 29.0. The number of pyridine rings is 2. The molecule has 1 aliphatic rings. The van der Waals surface area contributed by atoms with Gasteiger partial charge in [-0.2, -0.15) is 0 Å². The van der Waals surface area contributed by atoms with E-state index in [1.807, 2.05) is 6.07 Å². The van der Waals surface area contributed by atoms with Crippen LogP contribution in [0, 0.1) is 0 Å². The number of benzene rings is 2. The molecule has 2 aromatic heterocycles. The number of anilines is 1. The van der Waals surface area contributed by atoms with Gasteiger partial charge in [-0.25, -0.2) is 9.78 Å². The number of nitrogens with one attached hydrogen (secondary N) is 1. The van der Waals surface area contributed by atoms with Gasteiger partial charge in [0.1, 0.15) is 5.82 Å². The number of hydrogen-bond donors (Lipinski definition) is 2. The van der Waals surface area contributed by atoms with Crippen molar-refractivity contribution in [1.82, 2.24) is 15.3 Å². The fourth-order valence-electron chi connectivity index (χ4n) is 4.79. The predicted molar refractivity (Wildman–Crippen MR) is 147 cm³/mol. The molecule has 1 aliphatic heterocycles. The van der Waals surface area contributed by atoms with Crippen molar-refractivity contribution in [3.8, 4) is 11.5 Å². The van der Waals surface area contributed by atoms with E-state index in [4.69, 9.17) is 14.5 Å². The number of carbonyl (C=O) groups is 1. The van der Waals surface area contributed by atoms with Crippen molar-refractivity contribution < 1.29 is 37.3 Å². The van der Waals surface area contributed by atoms with Gasteiger partial charge in [-0.3, -0.25) is 4.98 Å². The summed E-state index contributed by atoms with van der Waals surface area (Å²) in [6.45, 7) is 3.18. The van der Waals surface area contributed by atoms with Crippen molar-refractivity contribution in [3.05, 3.63) is 66.0 Å². The average molecular weight is 571 g/mol. The van der Waals surface area contributed by atoms with Crippen molar-refractivity contribution in [1.29, 1.82) is 0 Å². The van der Waals surface area contributed by atoms with Crippen LogP contribution in [0.5, 0.6) is 11.5 Å². The van der Waals surface area contributed by atoms with Crippen molar-refractivity contribution in [2.75, 3.05) is 38.3 Å². The topological polar surface area (TPSA) is 106 Å². The fourth-order valence-corrected chi connectivity index (χ4v) is 4.79. The molecule has 12 heteroatoms. The summed E-state index contributed by atoms with van der Waals surface area (Å²) in [5.41, 5.74) is 1.58. The Morgan fingerprint density at radius 1 is 1.07 bits per heavy atom. The predicted octanol–water partition coefficient (Wildman–Crippen LogP) is 5.16. The number of carboxylic acid groups (broad SMARTS) is 1. The Bertz CT molecular complexity index is 1540. The minimum Gasteiger partial charge on any atom is -0.493 e. The molecule has 4 aromatic rings. The van der Waals surface area contributed by atoms with E-state index < -0.39 is 12.3 Å². The number of fused-ring (bicyclic) bond motifs is 3. The minimum absolute atomic E-state index is 0.0260. The quantitative estimate of drug-likeness (QED) is 0.176. The summed E-state index contributed by atoms with van der Waals surface area (Å²) >= 11 is 0. The van der Waals surface area contributed by atoms with Crippen LogP contribution in [-0.4, -0.2) is 66.9 Å². The molecule has 3 heterocycles. The van der Waals surface area contributed by atoms with E-state index in [1.165, 1.54) is 19.2 Å². The van der Waals surface area contributed by atoms with Crippen LogP contribution >= 0.6 is 0 Å². The van der Waals surface area contributed by atoms with Gasteiger partial charge in [-0.1, -0.05) is 12.1 Å². The van der Waals surface area contributed by atoms with E-state index in [9.17, 15) is 23.1 Å². The van der Waals surface area contributed by atoms with E-state index in [1.54, 1.807) is 36.7 Å². The number of hydrogen-bond acceptors (Lipinski definition) is 8. The number of unbranched alkanes of at least 4 members (excludes halogenated alkanes) is 1. The molecule has 0 amide bonds. The summed E-state index contributed by atoms with van der Waals surface area (Å²) in [7, 11) is 1.30. The number of rotatable bonds is 12. The standard InChI is InChI=1S/C29H29F3N4O5/c1-39-26-12-18(4-7-25(26)41-29(30,31)32)14-33-9-2-3-11-40-20-16-36(17-20)27-22-8-10-34-15-23(22)21-6-5-19(28(37)38)13-24(21)35-27/h4-8,10,12-13,15,20,33H,2-3,9,11,14,16-17H2,1H3,(H,37,38). The summed E-state index contributed by atoms with van der Waals surface area (Å²) in [4.78, 5) is 22.6. The van der Waals surface area contributed by atoms with E-state index in [0.29, 0.717) is 31.8 Å². The van der Waals surface area contributed by atoms with Crippen LogP contribution in [0.25, 0.3) is 21.7 Å². The third kappa shape index (κ3) is 6.77. The first kappa shape index (κ1) is 28.4. The molecule has 0 saturated carbocycles. The van der Waals surface area contributed by atoms with Gasteiger partial charge in [-0.15, -0.1) is 13.2 Å². The van der Waals surface area contributed by atoms with Gasteiger partial charge in [0, 0.05) is 54.8 Å². The lowest BCUT2D eigenvalue weighted by Crippen LogP contribution is -2.52. The van der Waals surface area contributed by atoms with E-state index in [-0.39, 0.29) is 23.2 Å². The molecular formula is C29H29F3N4O5. The van der Waals surface area contributed by atoms with E-state index >= 15 is 0 Å². The van der Waals surface area contributed by atoms with E-state index in [2.05, 4.69) is 19.9 Å². The maximum atomic E-state index is 12.5. The molecule has 0 radical (unpaired) electrons. The first-order valence-electron chi connectivity index (χ1n) is 13.1. The van der Waals surface area contributed by atoms with Crippen LogP contribution in [0.1, 0.15) is 28.8 Å². The number of alkyl halides is 3. The highest BCUT2D eigenvalue weighted by Gasteiger charge is 2.32. The number of methoxy groups -OCH3 is 1. The van der Waals surface area contributed by atoms with Crippen molar-refractivity contribution in [2.45, 2.75) is 31.9 Å². The van der Waals surface area contributed by atoms with E-state index in [0.717, 1.165) is 46.9 Å². The molecule has 1 fully saturated rings. The van der Waals surface area contributed by atoms with Gasteiger partial charge >= 0.3 is 12.3 Å². The highest BCUT2D eigenvalue weighted by atomic mass is 19.4. The first-order valence-corrected chi connectivity index (χ1v) is 13.1. The van der Waals surface area contributed by atoms with Gasteiger partial charge in [0.2, 0.25) is 0 Å². The molecule has 1 saturated heterocycles. The van der Waals surface area contributed by atoms with Gasteiger partial charge < -0.3 is 29.5 Å². The smallest absolute Gasteiger partial charge is 0.493 e. The molecule has 2 aromatic carbocycles. The number of nitrogens with zero attached hydrogens (tertiary/aromatic N) is 3. The Morgan fingerprint density at radius 2 is 1.90 bits per heavy atom. The molecule has 0 aliphatic carbocycles. The third-order valence-corrected chi connectivity index (χ3v) is 6.86. The highest BCUT2D eigenvalue weighted by molar-refractivity contribution is 6.11. The molecule has 216 valence electrons. The highest BCUT2D eigenvalue weighted by Crippen LogP contribution is 2.34. The van der Waals surface area contributed by atoms with Crippen LogP contribution in [-0.2, 0) is 11.3 Å². The van der Waals surface area contributed by atoms with Gasteiger partial charge in [-0.05, 0) is 55.3 Å². The third-order valence-electron chi connectivity index (χ3n) is 6.86. The van der Waals surface area contributed by atoms with Crippen LogP contribution in [0.15, 0.2) is 54.9 Å². The number of aromatic carboxylic acids is 1. The number of aromatic nitrogens is 2. The lowest BCUT2D eigenvalue weighted by atomic mass is 10.0. The lowest BCUT2D eigenvalue weighted by molar-refractivity contribution is -0.275. The number of ether oxygens (including phenoxy) is 3. The summed E-state index contributed by atoms with van der Waals surface area (Å²) in [5.74, 6) is -0.554. The van der Waals surface area contributed by atoms with Crippen molar-refractivity contribution in [3.63, 3.8) is 0 Å². The molecule has 0 spiro atoms. The minimum atomic E-state index is -4.78. The number of halogens is 3. The second kappa shape index (κ2) is 12.1. The number of carboxylic acids is 1. The average Bonchev–Trinajstić information content (AvgIpc) is 2.92. The summed E-state index contributed by atoms with van der Waals surface area (Å²) in [6.07, 6.45) is 0.525. The summed E-state index contributed by atoms with van der Waals surface area (Å²) in [6, 6.07) is 11.2. The fraction of sp³-hybridized carbons (Fsp3) is 0.345. The maximum absolute atomic E-state index is 12.5. The maximum Gasteiger partial charge on any atom is 0.573 e. The van der Waals surface area contributed by atoms with Crippen LogP contribution < -0.4 is 19.7 Å². The normalized spacial score (nSPS) is 13.9. The Morgan fingerprint density at radius 3 is 2.66 bits per heavy atom. The molecule has 5 rings (SSSR count). The lowest BCUT2D eigenvalue weighted by Gasteiger charge is -2.40. The molecule has 41 heavy (non-hydrogen) atoms. The molecule has 0 unspecified atom stereocenters. The zero-order valence-electron chi connectivity index (χ0n) is 22.3. The molecule has 2 N–H and O–H groups in total. The van der Waals surface area contributed by atoms with Crippen LogP contribution in [0.3, 0.4) is 0 Å². The van der Waals surface area contributed by atoms with Gasteiger partial charge in [0.05, 0.1) is 24.3 Å². The second-order valence-corrected chi connectivity index (χ2v) is 9.71. The Labute approximate surface area is 233 Å². The van der Waals surface area contributed by atoms with Crippen molar-refractivity contribution in [2.24, 2.45) is 0 Å². The largest absolute Gasteiger partial charge is 0.573 e. The van der Waals surface area contributed by atoms with Crippen LogP contribution in [0.4, 0.5) is 19.0 Å². The Hall–Kier alpha value is -4.16. The zero-order valence-corrected chi connectivity index (χ0v) is 22.3. The second-order valence-electron chi connectivity index (χ2n) is 9.71. The molecule has 9 nitrogen and oxygen atoms in total. The van der Waals surface area contributed by atoms with Crippen LogP contribution in [0.2, 0.25) is 0 Å². The Kier molecular flexibility index (Phi) is 8.41. The summed E-state index contributed by atoms with van der Waals surface area (Å²) in [5, 5.41) is 15.4. The monoisotopic (exact) mass is 570 g/mol. The molecule has 0 bridgehead atoms. The molecular weight excluding hydrogens is 541 g/mol. The molecule has 0 atom stereocenters. The van der Waals surface area contributed by atoms with Crippen molar-refractivity contribution >= 4 is 33.5 Å². The SMILES string of the molecule is COc1cc(CNCCCCOC2CN(c3nc4cc(C(=O)O)ccc4c4cnccc34)C2)ccc1OC(F)(F)F. The Balaban J connectivity index is 1.06. The van der Waals surface area contributed by atoms with Gasteiger partial charge in [0.15, 0.2) is 11.5 Å². The first-order chi connectivity index (χ1) is 19.7. The summed E-state index contributed by atoms with van der Waals surface area (Å²) < 4.78 is 52.5. The van der Waals surface area contributed by atoms with Gasteiger partial charge in [0.25, 0.3) is 0 Å².